The maximum Gasteiger partial charge on any atom is 0.291 e. The number of fused-ring (bicyclic) bond motifs is 1. The molecule has 0 amide bonds. The first-order valence-corrected chi connectivity index (χ1v) is 9.36. The molecule has 1 aromatic carbocycles. The van der Waals surface area contributed by atoms with Crippen LogP contribution in [-0.4, -0.2) is 34.7 Å². The van der Waals surface area contributed by atoms with Gasteiger partial charge < -0.3 is 9.64 Å². The zero-order chi connectivity index (χ0) is 20.4. The molecule has 1 aliphatic heterocycles. The van der Waals surface area contributed by atoms with Gasteiger partial charge in [-0.1, -0.05) is 6.07 Å². The van der Waals surface area contributed by atoms with Crippen molar-refractivity contribution in [2.75, 3.05) is 25.1 Å². The summed E-state index contributed by atoms with van der Waals surface area (Å²) in [6.07, 6.45) is 4.35. The highest BCUT2D eigenvalue weighted by atomic mass is 19.1. The van der Waals surface area contributed by atoms with Crippen molar-refractivity contribution in [1.29, 1.82) is 0 Å². The average molecular weight is 398 g/mol. The van der Waals surface area contributed by atoms with E-state index in [0.29, 0.717) is 49.7 Å². The normalized spacial score (nSPS) is 13.3. The first-order valence-electron chi connectivity index (χ1n) is 9.36. The molecule has 0 N–H and O–H groups in total. The molecule has 0 bridgehead atoms. The van der Waals surface area contributed by atoms with Crippen molar-refractivity contribution in [3.8, 4) is 17.0 Å². The van der Waals surface area contributed by atoms with Crippen molar-refractivity contribution in [3.63, 3.8) is 0 Å². The lowest BCUT2D eigenvalue weighted by Crippen LogP contribution is -2.41. The highest BCUT2D eigenvalue weighted by Crippen LogP contribution is 2.25. The van der Waals surface area contributed by atoms with Crippen molar-refractivity contribution in [3.05, 3.63) is 70.3 Å². The number of aromatic nitrogens is 3. The molecule has 0 saturated heterocycles. The number of benzene rings is 1. The van der Waals surface area contributed by atoms with E-state index in [9.17, 15) is 13.6 Å². The van der Waals surface area contributed by atoms with Gasteiger partial charge in [0.15, 0.2) is 0 Å². The lowest BCUT2D eigenvalue weighted by Gasteiger charge is -2.31. The van der Waals surface area contributed by atoms with E-state index < -0.39 is 11.4 Å². The minimum atomic E-state index is -0.859. The Labute approximate surface area is 166 Å². The molecule has 29 heavy (non-hydrogen) atoms. The van der Waals surface area contributed by atoms with Gasteiger partial charge in [0.2, 0.25) is 11.8 Å². The van der Waals surface area contributed by atoms with Crippen molar-refractivity contribution >= 4 is 5.95 Å². The van der Waals surface area contributed by atoms with Crippen LogP contribution in [0.5, 0.6) is 5.75 Å². The molecule has 0 saturated carbocycles. The van der Waals surface area contributed by atoms with Gasteiger partial charge in [-0.15, -0.1) is 0 Å². The van der Waals surface area contributed by atoms with Gasteiger partial charge in [-0.25, -0.2) is 9.37 Å². The average Bonchev–Trinajstić information content (AvgIpc) is 2.75. The summed E-state index contributed by atoms with van der Waals surface area (Å²) in [5.41, 5.74) is 0.703. The van der Waals surface area contributed by atoms with E-state index in [1.54, 1.807) is 18.2 Å². The third kappa shape index (κ3) is 3.70. The second-order valence-electron chi connectivity index (χ2n) is 6.81. The molecule has 0 spiro atoms. The number of halogens is 2. The summed E-state index contributed by atoms with van der Waals surface area (Å²) in [5, 5.41) is 0. The van der Waals surface area contributed by atoms with Gasteiger partial charge in [-0.3, -0.25) is 14.3 Å². The van der Waals surface area contributed by atoms with Crippen LogP contribution in [0.4, 0.5) is 14.7 Å². The number of ether oxygens (including phenoxy) is 1. The zero-order valence-corrected chi connectivity index (χ0v) is 15.9. The largest absolute Gasteiger partial charge is 0.496 e. The Hall–Kier alpha value is -3.29. The van der Waals surface area contributed by atoms with Gasteiger partial charge in [0.1, 0.15) is 17.3 Å². The highest BCUT2D eigenvalue weighted by molar-refractivity contribution is 5.60. The van der Waals surface area contributed by atoms with E-state index >= 15 is 0 Å². The van der Waals surface area contributed by atoms with Gasteiger partial charge in [-0.2, -0.15) is 4.39 Å². The summed E-state index contributed by atoms with van der Waals surface area (Å²) in [7, 11) is 1.50. The molecule has 3 aromatic rings. The third-order valence-corrected chi connectivity index (χ3v) is 5.04. The Bertz CT molecular complexity index is 1090. The lowest BCUT2D eigenvalue weighted by atomic mass is 10.1. The van der Waals surface area contributed by atoms with Gasteiger partial charge in [-0.05, 0) is 36.6 Å². The fraction of sp³-hybridized carbons (Fsp3) is 0.286. The van der Waals surface area contributed by atoms with Crippen molar-refractivity contribution < 1.29 is 13.5 Å². The topological polar surface area (TPSA) is 60.2 Å². The van der Waals surface area contributed by atoms with Crippen molar-refractivity contribution in [1.82, 2.24) is 14.5 Å². The first kappa shape index (κ1) is 19.0. The minimum absolute atomic E-state index is 0.0231. The Morgan fingerprint density at radius 1 is 1.14 bits per heavy atom. The van der Waals surface area contributed by atoms with E-state index in [1.165, 1.54) is 36.2 Å². The molecule has 1 aliphatic rings. The summed E-state index contributed by atoms with van der Waals surface area (Å²) in [4.78, 5) is 23.0. The number of hydrogen-bond donors (Lipinski definition) is 0. The number of hydrogen-bond acceptors (Lipinski definition) is 5. The molecule has 4 rings (SSSR count). The number of nitrogens with zero attached hydrogens (tertiary/aromatic N) is 4. The SMILES string of the molecule is COc1cc(F)ccc1CCN1CCCn2c1nc(-c1ccncc1)c(F)c2=O. The zero-order valence-electron chi connectivity index (χ0n) is 15.9. The quantitative estimate of drug-likeness (QED) is 0.661. The van der Waals surface area contributed by atoms with Crippen LogP contribution in [0.15, 0.2) is 47.5 Å². The summed E-state index contributed by atoms with van der Waals surface area (Å²) >= 11 is 0. The molecule has 2 aromatic heterocycles. The molecule has 150 valence electrons. The minimum Gasteiger partial charge on any atom is -0.496 e. The van der Waals surface area contributed by atoms with Crippen LogP contribution in [0.25, 0.3) is 11.3 Å². The van der Waals surface area contributed by atoms with E-state index in [0.717, 1.165) is 5.56 Å². The molecular formula is C21H20F2N4O2. The van der Waals surface area contributed by atoms with Gasteiger partial charge in [0.05, 0.1) is 7.11 Å². The Kier molecular flexibility index (Phi) is 5.24. The summed E-state index contributed by atoms with van der Waals surface area (Å²) in [6, 6.07) is 7.67. The number of anilines is 1. The predicted octanol–water partition coefficient (Wildman–Crippen LogP) is 3.04. The third-order valence-electron chi connectivity index (χ3n) is 5.04. The Morgan fingerprint density at radius 3 is 2.69 bits per heavy atom. The second-order valence-corrected chi connectivity index (χ2v) is 6.81. The smallest absolute Gasteiger partial charge is 0.291 e. The highest BCUT2D eigenvalue weighted by Gasteiger charge is 2.24. The van der Waals surface area contributed by atoms with E-state index in [4.69, 9.17) is 4.74 Å². The Morgan fingerprint density at radius 2 is 1.93 bits per heavy atom. The number of methoxy groups -OCH3 is 1. The number of pyridine rings is 1. The van der Waals surface area contributed by atoms with Crippen LogP contribution in [0, 0.1) is 11.6 Å². The molecule has 8 heteroatoms. The standard InChI is InChI=1S/C21H20F2N4O2/c1-29-17-13-16(22)4-3-14(17)7-12-26-10-2-11-27-20(28)18(23)19(25-21(26)27)15-5-8-24-9-6-15/h3-6,8-9,13H,2,7,10-12H2,1H3. The fourth-order valence-corrected chi connectivity index (χ4v) is 3.58. The predicted molar refractivity (Wildman–Crippen MR) is 105 cm³/mol. The fourth-order valence-electron chi connectivity index (χ4n) is 3.58. The van der Waals surface area contributed by atoms with Gasteiger partial charge >= 0.3 is 0 Å². The van der Waals surface area contributed by atoms with Crippen molar-refractivity contribution in [2.24, 2.45) is 0 Å². The molecule has 0 atom stereocenters. The molecule has 0 aliphatic carbocycles. The van der Waals surface area contributed by atoms with Crippen LogP contribution in [0.1, 0.15) is 12.0 Å². The summed E-state index contributed by atoms with van der Waals surface area (Å²) in [6.45, 7) is 1.65. The summed E-state index contributed by atoms with van der Waals surface area (Å²) in [5.74, 6) is -0.305. The van der Waals surface area contributed by atoms with Crippen LogP contribution in [0.2, 0.25) is 0 Å². The molecule has 0 unspecified atom stereocenters. The molecule has 6 nitrogen and oxygen atoms in total. The lowest BCUT2D eigenvalue weighted by molar-refractivity contribution is 0.405. The maximum absolute atomic E-state index is 14.7. The van der Waals surface area contributed by atoms with Gasteiger partial charge in [0, 0.05) is 43.7 Å². The van der Waals surface area contributed by atoms with Crippen LogP contribution < -0.4 is 15.2 Å². The second kappa shape index (κ2) is 7.98. The summed E-state index contributed by atoms with van der Waals surface area (Å²) < 4.78 is 34.8. The van der Waals surface area contributed by atoms with Crippen molar-refractivity contribution in [2.45, 2.75) is 19.4 Å². The van der Waals surface area contributed by atoms with Crippen LogP contribution >= 0.6 is 0 Å². The Balaban J connectivity index is 1.67. The maximum atomic E-state index is 14.7. The van der Waals surface area contributed by atoms with Gasteiger partial charge in [0.25, 0.3) is 5.56 Å². The van der Waals surface area contributed by atoms with E-state index in [-0.39, 0.29) is 11.5 Å². The van der Waals surface area contributed by atoms with Crippen LogP contribution in [0.3, 0.4) is 0 Å². The number of rotatable bonds is 5. The van der Waals surface area contributed by atoms with E-state index in [1.807, 2.05) is 4.90 Å². The molecule has 3 heterocycles. The van der Waals surface area contributed by atoms with E-state index in [2.05, 4.69) is 9.97 Å². The van der Waals surface area contributed by atoms with Crippen LogP contribution in [-0.2, 0) is 13.0 Å². The molecular weight excluding hydrogens is 378 g/mol. The first-order chi connectivity index (χ1) is 14.1. The molecule has 0 radical (unpaired) electrons. The molecule has 0 fully saturated rings. The monoisotopic (exact) mass is 398 g/mol.